The first-order valence-corrected chi connectivity index (χ1v) is 15.2. The average molecular weight is 563 g/mol. The first-order valence-electron chi connectivity index (χ1n) is 15.2. The van der Waals surface area contributed by atoms with Gasteiger partial charge in [-0.15, -0.1) is 0 Å². The van der Waals surface area contributed by atoms with Crippen molar-refractivity contribution in [2.24, 2.45) is 5.92 Å². The maximum absolute atomic E-state index is 13.8. The van der Waals surface area contributed by atoms with E-state index in [1.54, 1.807) is 0 Å². The lowest BCUT2D eigenvalue weighted by atomic mass is 9.80. The van der Waals surface area contributed by atoms with Gasteiger partial charge in [-0.05, 0) is 55.6 Å². The highest BCUT2D eigenvalue weighted by molar-refractivity contribution is 6.00. The average Bonchev–Trinajstić information content (AvgIpc) is 3.01. The lowest BCUT2D eigenvalue weighted by molar-refractivity contribution is -0.162. The van der Waals surface area contributed by atoms with E-state index in [9.17, 15) is 14.4 Å². The predicted octanol–water partition coefficient (Wildman–Crippen LogP) is 4.53. The number of nitrogens with one attached hydrogen (secondary N) is 2. The molecule has 0 aromatic heterocycles. The van der Waals surface area contributed by atoms with Gasteiger partial charge in [-0.1, -0.05) is 80.9 Å². The Morgan fingerprint density at radius 3 is 2.34 bits per heavy atom. The molecule has 2 saturated heterocycles. The zero-order chi connectivity index (χ0) is 29.1. The molecule has 1 spiro atoms. The Bertz CT molecular complexity index is 1120. The Hall–Kier alpha value is -3.39. The van der Waals surface area contributed by atoms with Gasteiger partial charge in [0.1, 0.15) is 18.2 Å². The molecule has 0 bridgehead atoms. The number of benzene rings is 2. The highest BCUT2D eigenvalue weighted by atomic mass is 16.5. The third-order valence-electron chi connectivity index (χ3n) is 8.64. The minimum Gasteiger partial charge on any atom is -0.445 e. The molecule has 41 heavy (non-hydrogen) atoms. The van der Waals surface area contributed by atoms with Gasteiger partial charge in [-0.25, -0.2) is 4.79 Å². The van der Waals surface area contributed by atoms with Crippen LogP contribution in [0.15, 0.2) is 60.7 Å². The van der Waals surface area contributed by atoms with Gasteiger partial charge in [0.25, 0.3) is 0 Å². The van der Waals surface area contributed by atoms with E-state index >= 15 is 0 Å². The fourth-order valence-corrected chi connectivity index (χ4v) is 5.79. The van der Waals surface area contributed by atoms with Gasteiger partial charge in [0.2, 0.25) is 11.8 Å². The van der Waals surface area contributed by atoms with Gasteiger partial charge >= 0.3 is 6.09 Å². The van der Waals surface area contributed by atoms with E-state index in [4.69, 9.17) is 4.74 Å². The Labute approximate surface area is 244 Å². The summed E-state index contributed by atoms with van der Waals surface area (Å²) in [5.41, 5.74) is 1.50. The summed E-state index contributed by atoms with van der Waals surface area (Å²) >= 11 is 0. The van der Waals surface area contributed by atoms with E-state index in [1.807, 2.05) is 41.3 Å². The highest BCUT2D eigenvalue weighted by Crippen LogP contribution is 2.34. The third-order valence-corrected chi connectivity index (χ3v) is 8.64. The topological polar surface area (TPSA) is 91.0 Å². The fourth-order valence-electron chi connectivity index (χ4n) is 5.79. The van der Waals surface area contributed by atoms with Crippen LogP contribution in [-0.2, 0) is 27.4 Å². The molecule has 2 fully saturated rings. The molecule has 222 valence electrons. The molecule has 0 aliphatic carbocycles. The first kappa shape index (κ1) is 30.6. The molecule has 2 aliphatic heterocycles. The number of nitrogens with zero attached hydrogens (tertiary/aromatic N) is 2. The van der Waals surface area contributed by atoms with Gasteiger partial charge in [0.05, 0.1) is 0 Å². The van der Waals surface area contributed by atoms with Crippen LogP contribution in [0.2, 0.25) is 0 Å². The van der Waals surface area contributed by atoms with Crippen LogP contribution in [0, 0.1) is 5.92 Å². The number of carbonyl (C=O) groups excluding carboxylic acids is 3. The molecule has 8 nitrogen and oxygen atoms in total. The van der Waals surface area contributed by atoms with Crippen LogP contribution >= 0.6 is 0 Å². The molecule has 8 heteroatoms. The second kappa shape index (κ2) is 15.0. The number of piperidine rings is 1. The number of amides is 3. The molecule has 4 rings (SSSR count). The van der Waals surface area contributed by atoms with Crippen LogP contribution in [0.5, 0.6) is 0 Å². The van der Waals surface area contributed by atoms with E-state index in [0.717, 1.165) is 38.0 Å². The molecular formula is C33H46N4O4. The molecule has 2 heterocycles. The van der Waals surface area contributed by atoms with Crippen molar-refractivity contribution in [3.63, 3.8) is 0 Å². The van der Waals surface area contributed by atoms with Gasteiger partial charge in [-0.2, -0.15) is 0 Å². The molecule has 0 saturated carbocycles. The molecule has 1 unspecified atom stereocenters. The van der Waals surface area contributed by atoms with Crippen LogP contribution in [0.4, 0.5) is 4.79 Å². The number of alkyl carbamates (subject to hydrolysis) is 1. The second-order valence-electron chi connectivity index (χ2n) is 11.6. The van der Waals surface area contributed by atoms with Crippen molar-refractivity contribution in [1.29, 1.82) is 0 Å². The van der Waals surface area contributed by atoms with E-state index in [1.165, 1.54) is 5.56 Å². The Morgan fingerprint density at radius 2 is 1.68 bits per heavy atom. The molecule has 2 N–H and O–H groups in total. The maximum Gasteiger partial charge on any atom is 0.407 e. The predicted molar refractivity (Wildman–Crippen MR) is 160 cm³/mol. The fraction of sp³-hybridized carbons (Fsp3) is 0.545. The number of piperazine rings is 1. The van der Waals surface area contributed by atoms with Gasteiger partial charge in [-0.3, -0.25) is 9.59 Å². The van der Waals surface area contributed by atoms with Crippen molar-refractivity contribution >= 4 is 17.9 Å². The quantitative estimate of drug-likeness (QED) is 0.350. The summed E-state index contributed by atoms with van der Waals surface area (Å²) in [4.78, 5) is 43.8. The minimum atomic E-state index is -0.760. The minimum absolute atomic E-state index is 0.00396. The van der Waals surface area contributed by atoms with Crippen LogP contribution in [0.25, 0.3) is 0 Å². The summed E-state index contributed by atoms with van der Waals surface area (Å²) in [5, 5.41) is 5.87. The first-order chi connectivity index (χ1) is 19.9. The largest absolute Gasteiger partial charge is 0.445 e. The number of hydrogen-bond acceptors (Lipinski definition) is 5. The number of likely N-dealkylation sites (tertiary alicyclic amines) is 1. The van der Waals surface area contributed by atoms with E-state index in [2.05, 4.69) is 53.6 Å². The molecular weight excluding hydrogens is 516 g/mol. The number of hydrogen-bond donors (Lipinski definition) is 2. The molecule has 2 atom stereocenters. The Morgan fingerprint density at radius 1 is 1.02 bits per heavy atom. The smallest absolute Gasteiger partial charge is 0.407 e. The molecule has 0 radical (unpaired) electrons. The SMILES string of the molecule is CCC(C)CN1C(=O)[C@H](CCCCNC(=O)OCc2ccccc2)NC(=O)C12CCN(CCc1ccccc1)CC2. The highest BCUT2D eigenvalue weighted by Gasteiger charge is 2.53. The van der Waals surface area contributed by atoms with Crippen molar-refractivity contribution in [1.82, 2.24) is 20.4 Å². The van der Waals surface area contributed by atoms with Crippen LogP contribution in [0.1, 0.15) is 63.5 Å². The van der Waals surface area contributed by atoms with Gasteiger partial charge < -0.3 is 25.2 Å². The van der Waals surface area contributed by atoms with Crippen LogP contribution in [0.3, 0.4) is 0 Å². The zero-order valence-corrected chi connectivity index (χ0v) is 24.6. The van der Waals surface area contributed by atoms with E-state index < -0.39 is 17.7 Å². The number of carbonyl (C=O) groups is 3. The molecule has 3 amide bonds. The van der Waals surface area contributed by atoms with Crippen molar-refractivity contribution in [2.45, 2.75) is 77.0 Å². The van der Waals surface area contributed by atoms with Crippen LogP contribution < -0.4 is 10.6 Å². The van der Waals surface area contributed by atoms with Gasteiger partial charge in [0.15, 0.2) is 0 Å². The number of ether oxygens (including phenoxy) is 1. The zero-order valence-electron chi connectivity index (χ0n) is 24.6. The standard InChI is InChI=1S/C33H46N4O4/c1-3-26(2)24-37-30(38)29(16-10-11-20-34-32(40)41-25-28-14-8-5-9-15-28)35-31(39)33(37)18-22-36(23-19-33)21-17-27-12-6-4-7-13-27/h4-9,12-15,26,29H,3,10-11,16-25H2,1-2H3,(H,34,40)(H,35,39)/t26?,29-/m0/s1. The van der Waals surface area contributed by atoms with Crippen molar-refractivity contribution in [3.8, 4) is 0 Å². The normalized spacial score (nSPS) is 19.6. The van der Waals surface area contributed by atoms with E-state index in [-0.39, 0.29) is 18.4 Å². The Balaban J connectivity index is 1.25. The van der Waals surface area contributed by atoms with Crippen molar-refractivity contribution in [3.05, 3.63) is 71.8 Å². The lowest BCUT2D eigenvalue weighted by Gasteiger charge is -2.52. The number of unbranched alkanes of at least 4 members (excludes halogenated alkanes) is 1. The summed E-state index contributed by atoms with van der Waals surface area (Å²) in [6.07, 6.45) is 4.79. The summed E-state index contributed by atoms with van der Waals surface area (Å²) in [6, 6.07) is 19.5. The maximum atomic E-state index is 13.8. The third kappa shape index (κ3) is 8.32. The summed E-state index contributed by atoms with van der Waals surface area (Å²) in [6.45, 7) is 8.15. The molecule has 2 aromatic carbocycles. The molecule has 2 aromatic rings. The number of rotatable bonds is 13. The van der Waals surface area contributed by atoms with Crippen molar-refractivity contribution in [2.75, 3.05) is 32.7 Å². The summed E-state index contributed by atoms with van der Waals surface area (Å²) in [5.74, 6) is 0.359. The monoisotopic (exact) mass is 562 g/mol. The summed E-state index contributed by atoms with van der Waals surface area (Å²) < 4.78 is 5.26. The summed E-state index contributed by atoms with van der Waals surface area (Å²) in [7, 11) is 0. The Kier molecular flexibility index (Phi) is 11.2. The van der Waals surface area contributed by atoms with Crippen LogP contribution in [-0.4, -0.2) is 72.0 Å². The van der Waals surface area contributed by atoms with Gasteiger partial charge in [0, 0.05) is 32.7 Å². The van der Waals surface area contributed by atoms with E-state index in [0.29, 0.717) is 51.1 Å². The molecule has 2 aliphatic rings. The lowest BCUT2D eigenvalue weighted by Crippen LogP contribution is -2.73. The second-order valence-corrected chi connectivity index (χ2v) is 11.6. The van der Waals surface area contributed by atoms with Crippen molar-refractivity contribution < 1.29 is 19.1 Å².